The first kappa shape index (κ1) is 12.6. The van der Waals surface area contributed by atoms with Gasteiger partial charge in [0.05, 0.1) is 17.9 Å². The molecule has 0 aliphatic heterocycles. The van der Waals surface area contributed by atoms with E-state index < -0.39 is 0 Å². The average Bonchev–Trinajstić information content (AvgIpc) is 2.28. The Bertz CT molecular complexity index is 353. The monoisotopic (exact) mass is 225 g/mol. The van der Waals surface area contributed by atoms with Gasteiger partial charge < -0.3 is 5.32 Å². The maximum absolute atomic E-state index is 12.6. The molecule has 0 aromatic carbocycles. The summed E-state index contributed by atoms with van der Waals surface area (Å²) in [6.07, 6.45) is 1.16. The number of likely N-dealkylation sites (N-methyl/N-ethyl adjacent to an activating group) is 1. The predicted molar refractivity (Wildman–Crippen MR) is 59.3 cm³/mol. The molecular weight excluding hydrogens is 209 g/mol. The van der Waals surface area contributed by atoms with Crippen LogP contribution in [0.3, 0.4) is 0 Å². The van der Waals surface area contributed by atoms with Crippen LogP contribution in [0.2, 0.25) is 0 Å². The fraction of sp³-hybridized carbons (Fsp3) is 0.455. The van der Waals surface area contributed by atoms with Crippen molar-refractivity contribution in [3.8, 4) is 0 Å². The summed E-state index contributed by atoms with van der Waals surface area (Å²) in [5.74, 6) is -0.454. The Morgan fingerprint density at radius 1 is 1.44 bits per heavy atom. The Kier molecular flexibility index (Phi) is 4.37. The SMILES string of the molecule is CNC(=O)C(C)NC(C)c1ccc(F)cn1. The second kappa shape index (κ2) is 5.55. The van der Waals surface area contributed by atoms with Crippen LogP contribution in [0.1, 0.15) is 25.6 Å². The third-order valence-corrected chi connectivity index (χ3v) is 2.33. The molecule has 0 bridgehead atoms. The summed E-state index contributed by atoms with van der Waals surface area (Å²) in [7, 11) is 1.58. The Morgan fingerprint density at radius 3 is 2.62 bits per heavy atom. The number of carbonyl (C=O) groups is 1. The molecule has 4 nitrogen and oxygen atoms in total. The molecule has 0 aliphatic rings. The van der Waals surface area contributed by atoms with Gasteiger partial charge in [0.2, 0.25) is 5.91 Å². The average molecular weight is 225 g/mol. The first-order chi connectivity index (χ1) is 7.54. The number of rotatable bonds is 4. The van der Waals surface area contributed by atoms with E-state index in [2.05, 4.69) is 15.6 Å². The molecule has 0 saturated carbocycles. The predicted octanol–water partition coefficient (Wildman–Crippen LogP) is 1.01. The van der Waals surface area contributed by atoms with Gasteiger partial charge in [-0.15, -0.1) is 0 Å². The zero-order valence-corrected chi connectivity index (χ0v) is 9.62. The fourth-order valence-corrected chi connectivity index (χ4v) is 1.40. The van der Waals surface area contributed by atoms with Gasteiger partial charge in [0, 0.05) is 13.1 Å². The summed E-state index contributed by atoms with van der Waals surface area (Å²) in [5, 5.41) is 5.62. The van der Waals surface area contributed by atoms with Crippen LogP contribution in [0.15, 0.2) is 18.3 Å². The molecule has 1 heterocycles. The summed E-state index contributed by atoms with van der Waals surface area (Å²) in [6, 6.07) is 2.54. The van der Waals surface area contributed by atoms with Crippen LogP contribution < -0.4 is 10.6 Å². The van der Waals surface area contributed by atoms with E-state index in [9.17, 15) is 9.18 Å². The summed E-state index contributed by atoms with van der Waals surface area (Å²) < 4.78 is 12.6. The highest BCUT2D eigenvalue weighted by Gasteiger charge is 2.15. The Labute approximate surface area is 94.3 Å². The van der Waals surface area contributed by atoms with Crippen molar-refractivity contribution < 1.29 is 9.18 Å². The molecule has 2 N–H and O–H groups in total. The van der Waals surface area contributed by atoms with Gasteiger partial charge in [-0.2, -0.15) is 0 Å². The van der Waals surface area contributed by atoms with Crippen molar-refractivity contribution in [2.45, 2.75) is 25.9 Å². The molecule has 0 saturated heterocycles. The van der Waals surface area contributed by atoms with Gasteiger partial charge in [-0.25, -0.2) is 4.39 Å². The van der Waals surface area contributed by atoms with Crippen molar-refractivity contribution >= 4 is 5.91 Å². The minimum absolute atomic E-state index is 0.0889. The lowest BCUT2D eigenvalue weighted by molar-refractivity contribution is -0.122. The number of amides is 1. The first-order valence-corrected chi connectivity index (χ1v) is 5.13. The van der Waals surface area contributed by atoms with E-state index in [-0.39, 0.29) is 23.8 Å². The summed E-state index contributed by atoms with van der Waals surface area (Å²) in [5.41, 5.74) is 0.706. The van der Waals surface area contributed by atoms with Crippen molar-refractivity contribution in [3.63, 3.8) is 0 Å². The standard InChI is InChI=1S/C11H16FN3O/c1-7(15-8(2)11(16)13-3)10-5-4-9(12)6-14-10/h4-8,15H,1-3H3,(H,13,16). The van der Waals surface area contributed by atoms with Crippen LogP contribution in [0.4, 0.5) is 4.39 Å². The van der Waals surface area contributed by atoms with Gasteiger partial charge in [-0.1, -0.05) is 0 Å². The molecule has 1 rings (SSSR count). The third kappa shape index (κ3) is 3.27. The number of carbonyl (C=O) groups excluding carboxylic acids is 1. The summed E-state index contributed by atoms with van der Waals surface area (Å²) >= 11 is 0. The Morgan fingerprint density at radius 2 is 2.12 bits per heavy atom. The number of hydrogen-bond acceptors (Lipinski definition) is 3. The van der Waals surface area contributed by atoms with Crippen LogP contribution >= 0.6 is 0 Å². The maximum atomic E-state index is 12.6. The molecule has 0 radical (unpaired) electrons. The number of nitrogens with zero attached hydrogens (tertiary/aromatic N) is 1. The highest BCUT2D eigenvalue weighted by molar-refractivity contribution is 5.80. The zero-order chi connectivity index (χ0) is 12.1. The van der Waals surface area contributed by atoms with Crippen LogP contribution in [0.25, 0.3) is 0 Å². The maximum Gasteiger partial charge on any atom is 0.236 e. The highest BCUT2D eigenvalue weighted by Crippen LogP contribution is 2.10. The van der Waals surface area contributed by atoms with E-state index >= 15 is 0 Å². The number of nitrogens with one attached hydrogen (secondary N) is 2. The minimum Gasteiger partial charge on any atom is -0.358 e. The molecule has 1 amide bonds. The van der Waals surface area contributed by atoms with Crippen molar-refractivity contribution in [2.75, 3.05) is 7.05 Å². The molecule has 1 aromatic rings. The van der Waals surface area contributed by atoms with Crippen molar-refractivity contribution in [3.05, 3.63) is 29.8 Å². The van der Waals surface area contributed by atoms with Crippen LogP contribution in [-0.2, 0) is 4.79 Å². The second-order valence-electron chi connectivity index (χ2n) is 3.63. The molecular formula is C11H16FN3O. The number of halogens is 1. The first-order valence-electron chi connectivity index (χ1n) is 5.13. The van der Waals surface area contributed by atoms with Gasteiger partial charge in [0.25, 0.3) is 0 Å². The van der Waals surface area contributed by atoms with Gasteiger partial charge in [0.15, 0.2) is 0 Å². The number of aromatic nitrogens is 1. The van der Waals surface area contributed by atoms with Crippen LogP contribution in [0.5, 0.6) is 0 Å². The fourth-order valence-electron chi connectivity index (χ4n) is 1.40. The normalized spacial score (nSPS) is 14.2. The van der Waals surface area contributed by atoms with Gasteiger partial charge >= 0.3 is 0 Å². The van der Waals surface area contributed by atoms with Crippen LogP contribution in [-0.4, -0.2) is 24.0 Å². The van der Waals surface area contributed by atoms with E-state index in [1.54, 1.807) is 20.0 Å². The largest absolute Gasteiger partial charge is 0.358 e. The Balaban J connectivity index is 2.61. The minimum atomic E-state index is -0.365. The van der Waals surface area contributed by atoms with E-state index in [4.69, 9.17) is 0 Å². The highest BCUT2D eigenvalue weighted by atomic mass is 19.1. The van der Waals surface area contributed by atoms with Gasteiger partial charge in [-0.3, -0.25) is 15.1 Å². The smallest absolute Gasteiger partial charge is 0.236 e. The van der Waals surface area contributed by atoms with Crippen molar-refractivity contribution in [1.82, 2.24) is 15.6 Å². The lowest BCUT2D eigenvalue weighted by Crippen LogP contribution is -2.41. The molecule has 0 aliphatic carbocycles. The summed E-state index contributed by atoms with van der Waals surface area (Å²) in [4.78, 5) is 15.2. The molecule has 88 valence electrons. The van der Waals surface area contributed by atoms with E-state index in [1.807, 2.05) is 6.92 Å². The van der Waals surface area contributed by atoms with Crippen molar-refractivity contribution in [1.29, 1.82) is 0 Å². The van der Waals surface area contributed by atoms with Gasteiger partial charge in [-0.05, 0) is 26.0 Å². The second-order valence-corrected chi connectivity index (χ2v) is 3.63. The van der Waals surface area contributed by atoms with Crippen molar-refractivity contribution in [2.24, 2.45) is 0 Å². The quantitative estimate of drug-likeness (QED) is 0.804. The topological polar surface area (TPSA) is 54.0 Å². The van der Waals surface area contributed by atoms with E-state index in [0.29, 0.717) is 5.69 Å². The number of pyridine rings is 1. The molecule has 0 spiro atoms. The molecule has 5 heteroatoms. The molecule has 1 aromatic heterocycles. The molecule has 2 atom stereocenters. The van der Waals surface area contributed by atoms with Gasteiger partial charge in [0.1, 0.15) is 5.82 Å². The molecule has 2 unspecified atom stereocenters. The van der Waals surface area contributed by atoms with E-state index in [1.165, 1.54) is 6.07 Å². The third-order valence-electron chi connectivity index (χ3n) is 2.33. The Hall–Kier alpha value is -1.49. The molecule has 0 fully saturated rings. The van der Waals surface area contributed by atoms with E-state index in [0.717, 1.165) is 6.20 Å². The lowest BCUT2D eigenvalue weighted by Gasteiger charge is -2.18. The zero-order valence-electron chi connectivity index (χ0n) is 9.62. The number of hydrogen-bond donors (Lipinski definition) is 2. The lowest BCUT2D eigenvalue weighted by atomic mass is 10.2. The molecule has 16 heavy (non-hydrogen) atoms. The summed E-state index contributed by atoms with van der Waals surface area (Å²) in [6.45, 7) is 3.64. The van der Waals surface area contributed by atoms with Crippen LogP contribution in [0, 0.1) is 5.82 Å².